The van der Waals surface area contributed by atoms with E-state index in [-0.39, 0.29) is 11.3 Å². The van der Waals surface area contributed by atoms with Crippen LogP contribution in [0.3, 0.4) is 0 Å². The summed E-state index contributed by atoms with van der Waals surface area (Å²) in [6.07, 6.45) is 2.50. The number of carbonyl (C=O) groups excluding carboxylic acids is 1. The molecule has 0 radical (unpaired) electrons. The molecule has 1 unspecified atom stereocenters. The summed E-state index contributed by atoms with van der Waals surface area (Å²) < 4.78 is 0. The maximum Gasteiger partial charge on any atom is 0.263 e. The second-order valence-electron chi connectivity index (χ2n) is 4.18. The summed E-state index contributed by atoms with van der Waals surface area (Å²) in [5.41, 5.74) is 0. The summed E-state index contributed by atoms with van der Waals surface area (Å²) in [6.45, 7) is 6.62. The molecule has 0 spiro atoms. The van der Waals surface area contributed by atoms with Crippen molar-refractivity contribution in [2.75, 3.05) is 6.54 Å². The molecule has 5 heteroatoms. The number of aryl methyl sites for hydroxylation is 1. The highest BCUT2D eigenvalue weighted by Gasteiger charge is 2.12. The van der Waals surface area contributed by atoms with Gasteiger partial charge < -0.3 is 5.32 Å². The van der Waals surface area contributed by atoms with Gasteiger partial charge in [0.15, 0.2) is 0 Å². The monoisotopic (exact) mass is 260 g/mol. The first-order chi connectivity index (χ1) is 7.49. The summed E-state index contributed by atoms with van der Waals surface area (Å²) in [6, 6.07) is 0. The van der Waals surface area contributed by atoms with E-state index in [1.807, 2.05) is 6.92 Å². The SMILES string of the molecule is Cc1ncc(C(=O)NCC(Cl)CC(C)C)s1. The van der Waals surface area contributed by atoms with E-state index in [2.05, 4.69) is 24.1 Å². The van der Waals surface area contributed by atoms with Crippen LogP contribution in [0.4, 0.5) is 0 Å². The van der Waals surface area contributed by atoms with Crippen molar-refractivity contribution in [1.82, 2.24) is 10.3 Å². The highest BCUT2D eigenvalue weighted by Crippen LogP contribution is 2.12. The number of aromatic nitrogens is 1. The number of thiazole rings is 1. The smallest absolute Gasteiger partial charge is 0.263 e. The number of nitrogens with one attached hydrogen (secondary N) is 1. The lowest BCUT2D eigenvalue weighted by Crippen LogP contribution is -2.29. The lowest BCUT2D eigenvalue weighted by atomic mass is 10.1. The standard InChI is InChI=1S/C11H17ClN2OS/c1-7(2)4-9(12)5-14-11(15)10-6-13-8(3)16-10/h6-7,9H,4-5H2,1-3H3,(H,14,15). The van der Waals surface area contributed by atoms with Gasteiger partial charge in [0.25, 0.3) is 5.91 Å². The number of alkyl halides is 1. The van der Waals surface area contributed by atoms with Gasteiger partial charge in [-0.25, -0.2) is 4.98 Å². The number of carbonyl (C=O) groups is 1. The van der Waals surface area contributed by atoms with Crippen LogP contribution in [0.5, 0.6) is 0 Å². The minimum absolute atomic E-state index is 0.00188. The third-order valence-electron chi connectivity index (χ3n) is 2.06. The summed E-state index contributed by atoms with van der Waals surface area (Å²) in [5, 5.41) is 3.71. The lowest BCUT2D eigenvalue weighted by molar-refractivity contribution is 0.0956. The Kier molecular flexibility index (Phi) is 5.22. The molecule has 0 fully saturated rings. The van der Waals surface area contributed by atoms with Crippen LogP contribution < -0.4 is 5.32 Å². The Bertz CT molecular complexity index is 352. The van der Waals surface area contributed by atoms with Crippen LogP contribution in [0.25, 0.3) is 0 Å². The van der Waals surface area contributed by atoms with Crippen LogP contribution in [-0.4, -0.2) is 22.8 Å². The van der Waals surface area contributed by atoms with Crippen molar-refractivity contribution >= 4 is 28.8 Å². The molecule has 16 heavy (non-hydrogen) atoms. The van der Waals surface area contributed by atoms with Crippen LogP contribution in [0.15, 0.2) is 6.20 Å². The molecule has 0 aliphatic heterocycles. The Morgan fingerprint density at radius 1 is 1.62 bits per heavy atom. The van der Waals surface area contributed by atoms with E-state index in [1.54, 1.807) is 6.20 Å². The highest BCUT2D eigenvalue weighted by atomic mass is 35.5. The molecule has 0 aromatic carbocycles. The number of hydrogen-bond acceptors (Lipinski definition) is 3. The first-order valence-electron chi connectivity index (χ1n) is 5.33. The van der Waals surface area contributed by atoms with E-state index in [0.717, 1.165) is 11.4 Å². The molecular weight excluding hydrogens is 244 g/mol. The second kappa shape index (κ2) is 6.21. The minimum Gasteiger partial charge on any atom is -0.350 e. The van der Waals surface area contributed by atoms with E-state index in [9.17, 15) is 4.79 Å². The van der Waals surface area contributed by atoms with Gasteiger partial charge in [-0.2, -0.15) is 0 Å². The van der Waals surface area contributed by atoms with Crippen LogP contribution >= 0.6 is 22.9 Å². The lowest BCUT2D eigenvalue weighted by Gasteiger charge is -2.12. The molecule has 0 aliphatic rings. The fourth-order valence-corrected chi connectivity index (χ4v) is 2.48. The molecule has 1 rings (SSSR count). The number of amides is 1. The summed E-state index contributed by atoms with van der Waals surface area (Å²) in [5.74, 6) is 0.463. The fourth-order valence-electron chi connectivity index (χ4n) is 1.35. The van der Waals surface area contributed by atoms with Crippen LogP contribution in [0, 0.1) is 12.8 Å². The first-order valence-corrected chi connectivity index (χ1v) is 6.59. The topological polar surface area (TPSA) is 42.0 Å². The van der Waals surface area contributed by atoms with Crippen LogP contribution in [-0.2, 0) is 0 Å². The zero-order chi connectivity index (χ0) is 12.1. The Labute approximate surface area is 105 Å². The summed E-state index contributed by atoms with van der Waals surface area (Å²) >= 11 is 7.48. The van der Waals surface area contributed by atoms with Gasteiger partial charge in [-0.3, -0.25) is 4.79 Å². The zero-order valence-corrected chi connectivity index (χ0v) is 11.4. The summed E-state index contributed by atoms with van der Waals surface area (Å²) in [7, 11) is 0. The van der Waals surface area contributed by atoms with Gasteiger partial charge in [0.2, 0.25) is 0 Å². The van der Waals surface area contributed by atoms with E-state index in [0.29, 0.717) is 17.3 Å². The largest absolute Gasteiger partial charge is 0.350 e. The Hall–Kier alpha value is -0.610. The fraction of sp³-hybridized carbons (Fsp3) is 0.636. The number of hydrogen-bond donors (Lipinski definition) is 1. The van der Waals surface area contributed by atoms with Crippen molar-refractivity contribution < 1.29 is 4.79 Å². The third kappa shape index (κ3) is 4.49. The Morgan fingerprint density at radius 2 is 2.31 bits per heavy atom. The molecule has 90 valence electrons. The average molecular weight is 261 g/mol. The van der Waals surface area contributed by atoms with Crippen molar-refractivity contribution in [2.45, 2.75) is 32.6 Å². The van der Waals surface area contributed by atoms with Gasteiger partial charge in [0.1, 0.15) is 4.88 Å². The predicted molar refractivity (Wildman–Crippen MR) is 68.3 cm³/mol. The highest BCUT2D eigenvalue weighted by molar-refractivity contribution is 7.13. The maximum atomic E-state index is 11.6. The van der Waals surface area contributed by atoms with E-state index in [1.165, 1.54) is 11.3 Å². The van der Waals surface area contributed by atoms with Crippen molar-refractivity contribution in [1.29, 1.82) is 0 Å². The molecular formula is C11H17ClN2OS. The molecule has 1 aromatic rings. The van der Waals surface area contributed by atoms with Crippen molar-refractivity contribution in [3.05, 3.63) is 16.1 Å². The molecule has 1 heterocycles. The molecule has 0 bridgehead atoms. The Balaban J connectivity index is 2.35. The van der Waals surface area contributed by atoms with Crippen molar-refractivity contribution in [3.8, 4) is 0 Å². The van der Waals surface area contributed by atoms with Gasteiger partial charge in [-0.1, -0.05) is 13.8 Å². The molecule has 0 aliphatic carbocycles. The normalized spacial score (nSPS) is 12.8. The number of halogens is 1. The van der Waals surface area contributed by atoms with Crippen LogP contribution in [0.2, 0.25) is 0 Å². The van der Waals surface area contributed by atoms with Crippen LogP contribution in [0.1, 0.15) is 34.9 Å². The van der Waals surface area contributed by atoms with Gasteiger partial charge >= 0.3 is 0 Å². The molecule has 3 nitrogen and oxygen atoms in total. The molecule has 1 aromatic heterocycles. The van der Waals surface area contributed by atoms with Gasteiger partial charge in [-0.05, 0) is 19.3 Å². The number of nitrogens with zero attached hydrogens (tertiary/aromatic N) is 1. The molecule has 1 atom stereocenters. The van der Waals surface area contributed by atoms with E-state index < -0.39 is 0 Å². The minimum atomic E-state index is -0.0833. The average Bonchev–Trinajstić information content (AvgIpc) is 2.60. The van der Waals surface area contributed by atoms with Gasteiger partial charge in [-0.15, -0.1) is 22.9 Å². The van der Waals surface area contributed by atoms with E-state index >= 15 is 0 Å². The first kappa shape index (κ1) is 13.5. The van der Waals surface area contributed by atoms with Crippen molar-refractivity contribution in [3.63, 3.8) is 0 Å². The van der Waals surface area contributed by atoms with Gasteiger partial charge in [0, 0.05) is 6.54 Å². The quantitative estimate of drug-likeness (QED) is 0.828. The second-order valence-corrected chi connectivity index (χ2v) is 6.03. The molecule has 0 saturated carbocycles. The van der Waals surface area contributed by atoms with Crippen molar-refractivity contribution in [2.24, 2.45) is 5.92 Å². The maximum absolute atomic E-state index is 11.6. The third-order valence-corrected chi connectivity index (χ3v) is 3.30. The van der Waals surface area contributed by atoms with Gasteiger partial charge in [0.05, 0.1) is 16.6 Å². The number of rotatable bonds is 5. The molecule has 1 N–H and O–H groups in total. The summed E-state index contributed by atoms with van der Waals surface area (Å²) in [4.78, 5) is 16.3. The zero-order valence-electron chi connectivity index (χ0n) is 9.79. The van der Waals surface area contributed by atoms with E-state index in [4.69, 9.17) is 11.6 Å². The Morgan fingerprint density at radius 3 is 2.81 bits per heavy atom. The predicted octanol–water partition coefficient (Wildman–Crippen LogP) is 2.83. The molecule has 1 amide bonds. The molecule has 0 saturated heterocycles.